The van der Waals surface area contributed by atoms with Crippen molar-refractivity contribution >= 4 is 90.8 Å². The second-order valence-corrected chi connectivity index (χ2v) is 16.4. The molecule has 24 heteroatoms. The quantitative estimate of drug-likeness (QED) is 0.0345. The zero-order valence-electron chi connectivity index (χ0n) is 34.0. The van der Waals surface area contributed by atoms with Crippen molar-refractivity contribution in [2.24, 2.45) is 11.5 Å². The minimum atomic E-state index is -4.90. The highest BCUT2D eigenvalue weighted by molar-refractivity contribution is 7.86. The molecule has 2 heterocycles. The summed E-state index contributed by atoms with van der Waals surface area (Å²) in [5.74, 6) is 0.536. The SMILES string of the molecule is NCCN(CCN)c1nc(Nc2ccccc2)nc(Nc2ccc(/C=C/c3ccc(Nc4nc(Nc5ccccc5)nc(N(CCO)CCO)n4)cc3S(=O)(=O)O)c(S(=O)(=O)O)c2)n1. The molecule has 0 aliphatic rings. The van der Waals surface area contributed by atoms with Gasteiger partial charge in [0.1, 0.15) is 9.79 Å². The summed E-state index contributed by atoms with van der Waals surface area (Å²) < 4.78 is 71.6. The first kappa shape index (κ1) is 46.6. The van der Waals surface area contributed by atoms with Crippen LogP contribution in [-0.2, 0) is 20.2 Å². The Bertz CT molecular complexity index is 2570. The van der Waals surface area contributed by atoms with E-state index >= 15 is 0 Å². The van der Waals surface area contributed by atoms with Crippen molar-refractivity contribution in [1.82, 2.24) is 29.9 Å². The van der Waals surface area contributed by atoms with E-state index in [1.54, 1.807) is 29.2 Å². The second-order valence-electron chi connectivity index (χ2n) is 13.6. The molecular formula is C40H46N14O8S2. The van der Waals surface area contributed by atoms with Crippen LogP contribution in [0.4, 0.5) is 58.4 Å². The number of hydrogen-bond acceptors (Lipinski definition) is 20. The highest BCUT2D eigenvalue weighted by Gasteiger charge is 2.20. The number of rotatable bonds is 22. The molecule has 0 saturated carbocycles. The first-order chi connectivity index (χ1) is 30.8. The Morgan fingerprint density at radius 1 is 0.484 bits per heavy atom. The molecule has 0 amide bonds. The maximum Gasteiger partial charge on any atom is 0.295 e. The predicted molar refractivity (Wildman–Crippen MR) is 244 cm³/mol. The fraction of sp³-hybridized carbons (Fsp3) is 0.200. The van der Waals surface area contributed by atoms with Crippen LogP contribution in [0.5, 0.6) is 0 Å². The van der Waals surface area contributed by atoms with Gasteiger partial charge in [-0.15, -0.1) is 0 Å². The summed E-state index contributed by atoms with van der Waals surface area (Å²) >= 11 is 0. The summed E-state index contributed by atoms with van der Waals surface area (Å²) in [6.07, 6.45) is 2.50. The number of hydrogen-bond donors (Lipinski definition) is 10. The van der Waals surface area contributed by atoms with Crippen molar-refractivity contribution in [2.75, 3.05) is 83.5 Å². The van der Waals surface area contributed by atoms with Crippen LogP contribution in [0, 0.1) is 0 Å². The Kier molecular flexibility index (Phi) is 15.6. The lowest BCUT2D eigenvalue weighted by atomic mass is 10.1. The van der Waals surface area contributed by atoms with Gasteiger partial charge in [0, 0.05) is 62.0 Å². The van der Waals surface area contributed by atoms with E-state index in [9.17, 15) is 36.2 Å². The zero-order chi connectivity index (χ0) is 45.7. The lowest BCUT2D eigenvalue weighted by molar-refractivity contribution is 0.280. The second kappa shape index (κ2) is 21.5. The minimum Gasteiger partial charge on any atom is -0.395 e. The molecule has 0 bridgehead atoms. The number of nitrogens with zero attached hydrogens (tertiary/aromatic N) is 8. The lowest BCUT2D eigenvalue weighted by Crippen LogP contribution is -2.35. The molecule has 22 nitrogen and oxygen atoms in total. The van der Waals surface area contributed by atoms with Crippen LogP contribution in [0.1, 0.15) is 11.1 Å². The molecule has 4 aromatic carbocycles. The Labute approximate surface area is 368 Å². The van der Waals surface area contributed by atoms with E-state index in [2.05, 4.69) is 51.2 Å². The molecule has 0 spiro atoms. The van der Waals surface area contributed by atoms with Gasteiger partial charge in [0.25, 0.3) is 20.2 Å². The van der Waals surface area contributed by atoms with Gasteiger partial charge >= 0.3 is 0 Å². The first-order valence-corrected chi connectivity index (χ1v) is 22.4. The summed E-state index contributed by atoms with van der Waals surface area (Å²) in [5.41, 5.74) is 13.2. The third kappa shape index (κ3) is 12.8. The van der Waals surface area contributed by atoms with E-state index < -0.39 is 30.0 Å². The Balaban J connectivity index is 1.31. The summed E-state index contributed by atoms with van der Waals surface area (Å²) in [4.78, 5) is 28.9. The van der Waals surface area contributed by atoms with Gasteiger partial charge in [-0.25, -0.2) is 0 Å². The average molecular weight is 915 g/mol. The standard InChI is InChI=1S/C40H46N14O8S2/c41-17-19-53(20-18-42)39-49-35(43-29-7-3-1-4-8-29)47-37(51-39)45-31-15-13-27(33(25-31)63(57,58)59)11-12-28-14-16-32(26-34(28)64(60,61)62)46-38-48-36(44-30-9-5-2-6-10-30)50-40(52-38)54(21-23-55)22-24-56/h1-16,25-26,55-56H,17-24,41-42H2,(H,57,58,59)(H,60,61,62)(H2,43,45,47,49,51)(H2,44,46,48,50,52)/b12-11+. The van der Waals surface area contributed by atoms with Crippen LogP contribution < -0.4 is 42.5 Å². The maximum absolute atomic E-state index is 12.7. The number of nitrogens with one attached hydrogen (secondary N) is 4. The number of aliphatic hydroxyl groups is 2. The normalized spacial score (nSPS) is 11.7. The molecule has 0 aliphatic carbocycles. The van der Waals surface area contributed by atoms with E-state index in [0.29, 0.717) is 24.5 Å². The molecule has 2 aromatic heterocycles. The molecule has 0 unspecified atom stereocenters. The number of benzene rings is 4. The molecule has 12 N–H and O–H groups in total. The van der Waals surface area contributed by atoms with Crippen LogP contribution >= 0.6 is 0 Å². The van der Waals surface area contributed by atoms with Gasteiger partial charge in [0.05, 0.1) is 13.2 Å². The van der Waals surface area contributed by atoms with Crippen LogP contribution in [-0.4, -0.2) is 119 Å². The van der Waals surface area contributed by atoms with E-state index in [1.807, 2.05) is 36.4 Å². The number of aromatic nitrogens is 6. The summed E-state index contributed by atoms with van der Waals surface area (Å²) in [6, 6.07) is 26.0. The Morgan fingerprint density at radius 3 is 1.16 bits per heavy atom. The summed E-state index contributed by atoms with van der Waals surface area (Å²) in [7, 11) is -9.78. The molecule has 64 heavy (non-hydrogen) atoms. The predicted octanol–water partition coefficient (Wildman–Crippen LogP) is 3.21. The molecule has 0 saturated heterocycles. The van der Waals surface area contributed by atoms with Crippen molar-refractivity contribution in [3.63, 3.8) is 0 Å². The van der Waals surface area contributed by atoms with Gasteiger partial charge in [-0.1, -0.05) is 60.7 Å². The van der Waals surface area contributed by atoms with Crippen molar-refractivity contribution in [3.05, 3.63) is 108 Å². The summed E-state index contributed by atoms with van der Waals surface area (Å²) in [5, 5.41) is 31.3. The third-order valence-electron chi connectivity index (χ3n) is 8.95. The number of nitrogens with two attached hydrogens (primary N) is 2. The van der Waals surface area contributed by atoms with Crippen LogP contribution in [0.3, 0.4) is 0 Å². The van der Waals surface area contributed by atoms with Gasteiger partial charge in [0.15, 0.2) is 0 Å². The van der Waals surface area contributed by atoms with Crippen LogP contribution in [0.15, 0.2) is 107 Å². The molecule has 0 radical (unpaired) electrons. The van der Waals surface area contributed by atoms with Gasteiger partial charge in [-0.2, -0.15) is 46.7 Å². The highest BCUT2D eigenvalue weighted by Crippen LogP contribution is 2.29. The molecule has 0 fully saturated rings. The molecule has 0 aliphatic heterocycles. The van der Waals surface area contributed by atoms with Gasteiger partial charge in [-0.3, -0.25) is 9.11 Å². The monoisotopic (exact) mass is 914 g/mol. The maximum atomic E-state index is 12.7. The molecular weight excluding hydrogens is 869 g/mol. The molecule has 6 aromatic rings. The van der Waals surface area contributed by atoms with Crippen molar-refractivity contribution < 1.29 is 36.2 Å². The summed E-state index contributed by atoms with van der Waals surface area (Å²) in [6.45, 7) is 0.947. The number of aliphatic hydroxyl groups excluding tert-OH is 2. The third-order valence-corrected chi connectivity index (χ3v) is 10.8. The van der Waals surface area contributed by atoms with Gasteiger partial charge in [0.2, 0.25) is 35.7 Å². The van der Waals surface area contributed by atoms with Crippen molar-refractivity contribution in [3.8, 4) is 0 Å². The first-order valence-electron chi connectivity index (χ1n) is 19.5. The minimum absolute atomic E-state index is 0.0169. The number of para-hydroxylation sites is 2. The van der Waals surface area contributed by atoms with Crippen molar-refractivity contribution in [2.45, 2.75) is 9.79 Å². The topological polar surface area (TPSA) is 333 Å². The smallest absolute Gasteiger partial charge is 0.295 e. The van der Waals surface area contributed by atoms with E-state index in [0.717, 1.165) is 12.1 Å². The average Bonchev–Trinajstić information content (AvgIpc) is 3.26. The Morgan fingerprint density at radius 2 is 0.828 bits per heavy atom. The van der Waals surface area contributed by atoms with E-state index in [1.165, 1.54) is 41.3 Å². The Hall–Kier alpha value is -6.90. The van der Waals surface area contributed by atoms with Gasteiger partial charge < -0.3 is 52.7 Å². The lowest BCUT2D eigenvalue weighted by Gasteiger charge is -2.22. The zero-order valence-corrected chi connectivity index (χ0v) is 35.7. The van der Waals surface area contributed by atoms with Gasteiger partial charge in [-0.05, 0) is 59.7 Å². The highest BCUT2D eigenvalue weighted by atomic mass is 32.2. The molecule has 0 atom stereocenters. The molecule has 336 valence electrons. The molecule has 6 rings (SSSR count). The number of anilines is 10. The van der Waals surface area contributed by atoms with E-state index in [-0.39, 0.29) is 97.6 Å². The fourth-order valence-corrected chi connectivity index (χ4v) is 7.52. The van der Waals surface area contributed by atoms with Crippen LogP contribution in [0.25, 0.3) is 12.2 Å². The van der Waals surface area contributed by atoms with Crippen LogP contribution in [0.2, 0.25) is 0 Å². The van der Waals surface area contributed by atoms with E-state index in [4.69, 9.17) is 11.5 Å². The largest absolute Gasteiger partial charge is 0.395 e. The van der Waals surface area contributed by atoms with Crippen molar-refractivity contribution in [1.29, 1.82) is 0 Å². The fourth-order valence-electron chi connectivity index (χ4n) is 6.10.